The number of anilines is 1. The fraction of sp³-hybridized carbons (Fsp3) is 0.316. The highest BCUT2D eigenvalue weighted by molar-refractivity contribution is 5.98. The van der Waals surface area contributed by atoms with Crippen molar-refractivity contribution in [2.24, 2.45) is 0 Å². The number of furan rings is 1. The quantitative estimate of drug-likeness (QED) is 0.691. The van der Waals surface area contributed by atoms with Gasteiger partial charge in [-0.25, -0.2) is 0 Å². The van der Waals surface area contributed by atoms with Crippen molar-refractivity contribution in [2.75, 3.05) is 33.1 Å². The molecule has 3 amide bonds. The van der Waals surface area contributed by atoms with Crippen molar-refractivity contribution < 1.29 is 23.5 Å². The van der Waals surface area contributed by atoms with Crippen LogP contribution < -0.4 is 15.4 Å². The van der Waals surface area contributed by atoms with Gasteiger partial charge in [-0.15, -0.1) is 0 Å². The summed E-state index contributed by atoms with van der Waals surface area (Å²) in [7, 11) is 4.80. The van der Waals surface area contributed by atoms with Gasteiger partial charge in [0.2, 0.25) is 5.91 Å². The third-order valence-corrected chi connectivity index (χ3v) is 3.74. The fourth-order valence-corrected chi connectivity index (χ4v) is 2.36. The summed E-state index contributed by atoms with van der Waals surface area (Å²) in [5.74, 6) is -0.0443. The summed E-state index contributed by atoms with van der Waals surface area (Å²) < 4.78 is 10.2. The van der Waals surface area contributed by atoms with Gasteiger partial charge in [0.15, 0.2) is 5.76 Å². The maximum atomic E-state index is 12.2. The van der Waals surface area contributed by atoms with E-state index >= 15 is 0 Å². The molecule has 2 N–H and O–H groups in total. The third-order valence-electron chi connectivity index (χ3n) is 3.74. The lowest BCUT2D eigenvalue weighted by Crippen LogP contribution is -2.25. The Morgan fingerprint density at radius 3 is 2.59 bits per heavy atom. The number of amides is 3. The fourth-order valence-electron chi connectivity index (χ4n) is 2.36. The molecule has 0 saturated carbocycles. The first-order valence-electron chi connectivity index (χ1n) is 8.43. The highest BCUT2D eigenvalue weighted by Gasteiger charge is 2.14. The number of hydrogen-bond acceptors (Lipinski definition) is 5. The summed E-state index contributed by atoms with van der Waals surface area (Å²) in [6.07, 6.45) is 2.08. The van der Waals surface area contributed by atoms with Crippen LogP contribution in [0.15, 0.2) is 41.0 Å². The van der Waals surface area contributed by atoms with Gasteiger partial charge < -0.3 is 24.7 Å². The normalized spacial score (nSPS) is 10.2. The molecule has 1 heterocycles. The zero-order valence-electron chi connectivity index (χ0n) is 15.6. The van der Waals surface area contributed by atoms with Crippen LogP contribution in [-0.4, -0.2) is 50.4 Å². The lowest BCUT2D eigenvalue weighted by molar-refractivity contribution is -0.116. The molecular formula is C19H23N3O5. The predicted octanol–water partition coefficient (Wildman–Crippen LogP) is 2.14. The zero-order chi connectivity index (χ0) is 19.8. The second kappa shape index (κ2) is 9.42. The van der Waals surface area contributed by atoms with E-state index in [-0.39, 0.29) is 29.9 Å². The van der Waals surface area contributed by atoms with E-state index in [1.54, 1.807) is 44.4 Å². The molecule has 27 heavy (non-hydrogen) atoms. The zero-order valence-corrected chi connectivity index (χ0v) is 15.6. The van der Waals surface area contributed by atoms with E-state index in [4.69, 9.17) is 9.15 Å². The molecule has 8 heteroatoms. The number of benzene rings is 1. The van der Waals surface area contributed by atoms with Gasteiger partial charge >= 0.3 is 0 Å². The molecule has 1 aromatic carbocycles. The second-order valence-corrected chi connectivity index (χ2v) is 6.00. The first kappa shape index (κ1) is 20.0. The van der Waals surface area contributed by atoms with Crippen molar-refractivity contribution in [3.05, 3.63) is 47.9 Å². The number of carbonyl (C=O) groups excluding carboxylic acids is 3. The molecule has 0 bridgehead atoms. The summed E-state index contributed by atoms with van der Waals surface area (Å²) in [6, 6.07) is 8.05. The van der Waals surface area contributed by atoms with Gasteiger partial charge in [-0.1, -0.05) is 0 Å². The van der Waals surface area contributed by atoms with Crippen LogP contribution in [0.2, 0.25) is 0 Å². The standard InChI is InChI=1S/C19H23N3O5/c1-22(2)19(25)13-8-9-15(26-3)14(12-13)21-17(23)7-4-10-20-18(24)16-6-5-11-27-16/h5-6,8-9,11-12H,4,7,10H2,1-3H3,(H,20,24)(H,21,23). The van der Waals surface area contributed by atoms with Gasteiger partial charge in [-0.3, -0.25) is 14.4 Å². The van der Waals surface area contributed by atoms with Crippen LogP contribution in [0.4, 0.5) is 5.69 Å². The highest BCUT2D eigenvalue weighted by atomic mass is 16.5. The third kappa shape index (κ3) is 5.60. The van der Waals surface area contributed by atoms with Gasteiger partial charge in [0.25, 0.3) is 11.8 Å². The Hall–Kier alpha value is -3.29. The van der Waals surface area contributed by atoms with Crippen LogP contribution in [0, 0.1) is 0 Å². The van der Waals surface area contributed by atoms with Crippen molar-refractivity contribution in [3.8, 4) is 5.75 Å². The molecule has 0 unspecified atom stereocenters. The molecule has 0 saturated heterocycles. The average molecular weight is 373 g/mol. The summed E-state index contributed by atoms with van der Waals surface area (Å²) >= 11 is 0. The first-order valence-corrected chi connectivity index (χ1v) is 8.43. The Kier molecular flexibility index (Phi) is 6.99. The van der Waals surface area contributed by atoms with E-state index in [2.05, 4.69) is 10.6 Å². The largest absolute Gasteiger partial charge is 0.495 e. The average Bonchev–Trinajstić information content (AvgIpc) is 3.19. The number of nitrogens with one attached hydrogen (secondary N) is 2. The van der Waals surface area contributed by atoms with E-state index < -0.39 is 0 Å². The number of nitrogens with zero attached hydrogens (tertiary/aromatic N) is 1. The van der Waals surface area contributed by atoms with Gasteiger partial charge in [-0.05, 0) is 36.8 Å². The molecule has 0 fully saturated rings. The molecule has 0 spiro atoms. The Balaban J connectivity index is 1.88. The van der Waals surface area contributed by atoms with Gasteiger partial charge in [0.05, 0.1) is 19.1 Å². The maximum Gasteiger partial charge on any atom is 0.286 e. The molecule has 1 aromatic heterocycles. The number of rotatable bonds is 8. The molecule has 0 aliphatic rings. The molecular weight excluding hydrogens is 350 g/mol. The van der Waals surface area contributed by atoms with E-state index in [0.717, 1.165) is 0 Å². The van der Waals surface area contributed by atoms with E-state index in [0.29, 0.717) is 30.0 Å². The van der Waals surface area contributed by atoms with Crippen LogP contribution in [-0.2, 0) is 4.79 Å². The molecule has 0 aliphatic carbocycles. The number of methoxy groups -OCH3 is 1. The van der Waals surface area contributed by atoms with Crippen molar-refractivity contribution >= 4 is 23.4 Å². The Morgan fingerprint density at radius 1 is 1.19 bits per heavy atom. The van der Waals surface area contributed by atoms with Crippen LogP contribution in [0.5, 0.6) is 5.75 Å². The van der Waals surface area contributed by atoms with E-state index in [1.165, 1.54) is 18.3 Å². The van der Waals surface area contributed by atoms with Crippen LogP contribution in [0.3, 0.4) is 0 Å². The van der Waals surface area contributed by atoms with Crippen LogP contribution in [0.1, 0.15) is 33.8 Å². The number of hydrogen-bond donors (Lipinski definition) is 2. The monoisotopic (exact) mass is 373 g/mol. The van der Waals surface area contributed by atoms with Crippen LogP contribution in [0.25, 0.3) is 0 Å². The molecule has 2 aromatic rings. The number of ether oxygens (including phenoxy) is 1. The molecule has 0 radical (unpaired) electrons. The first-order chi connectivity index (χ1) is 12.9. The Bertz CT molecular complexity index is 800. The predicted molar refractivity (Wildman–Crippen MR) is 99.9 cm³/mol. The van der Waals surface area contributed by atoms with Gasteiger partial charge in [0, 0.05) is 32.6 Å². The minimum atomic E-state index is -0.322. The maximum absolute atomic E-state index is 12.2. The lowest BCUT2D eigenvalue weighted by atomic mass is 10.1. The van der Waals surface area contributed by atoms with Crippen molar-refractivity contribution in [1.29, 1.82) is 0 Å². The minimum absolute atomic E-state index is 0.172. The SMILES string of the molecule is COc1ccc(C(=O)N(C)C)cc1NC(=O)CCCNC(=O)c1ccco1. The highest BCUT2D eigenvalue weighted by Crippen LogP contribution is 2.26. The minimum Gasteiger partial charge on any atom is -0.495 e. The number of carbonyl (C=O) groups is 3. The molecule has 144 valence electrons. The van der Waals surface area contributed by atoms with Gasteiger partial charge in [0.1, 0.15) is 5.75 Å². The van der Waals surface area contributed by atoms with Crippen molar-refractivity contribution in [1.82, 2.24) is 10.2 Å². The van der Waals surface area contributed by atoms with E-state index in [9.17, 15) is 14.4 Å². The van der Waals surface area contributed by atoms with Gasteiger partial charge in [-0.2, -0.15) is 0 Å². The summed E-state index contributed by atoms with van der Waals surface area (Å²) in [4.78, 5) is 37.4. The van der Waals surface area contributed by atoms with Crippen molar-refractivity contribution in [3.63, 3.8) is 0 Å². The van der Waals surface area contributed by atoms with Crippen LogP contribution >= 0.6 is 0 Å². The Labute approximate surface area is 157 Å². The summed E-state index contributed by atoms with van der Waals surface area (Å²) in [5, 5.41) is 5.42. The van der Waals surface area contributed by atoms with Crippen molar-refractivity contribution in [2.45, 2.75) is 12.8 Å². The Morgan fingerprint density at radius 2 is 1.96 bits per heavy atom. The second-order valence-electron chi connectivity index (χ2n) is 6.00. The molecule has 0 atom stereocenters. The topological polar surface area (TPSA) is 101 Å². The van der Waals surface area contributed by atoms with E-state index in [1.807, 2.05) is 0 Å². The smallest absolute Gasteiger partial charge is 0.286 e. The summed E-state index contributed by atoms with van der Waals surface area (Å²) in [5.41, 5.74) is 0.872. The molecule has 8 nitrogen and oxygen atoms in total. The molecule has 2 rings (SSSR count). The molecule has 0 aliphatic heterocycles. The lowest BCUT2D eigenvalue weighted by Gasteiger charge is -2.14. The summed E-state index contributed by atoms with van der Waals surface area (Å²) in [6.45, 7) is 0.337.